The second kappa shape index (κ2) is 2.73. The maximum Gasteiger partial charge on any atom is 0.0221 e. The third-order valence-corrected chi connectivity index (χ3v) is 4.54. The summed E-state index contributed by atoms with van der Waals surface area (Å²) in [7, 11) is 0. The van der Waals surface area contributed by atoms with Gasteiger partial charge in [0.1, 0.15) is 0 Å². The van der Waals surface area contributed by atoms with E-state index in [9.17, 15) is 0 Å². The largest absolute Gasteiger partial charge is 0.311 e. The van der Waals surface area contributed by atoms with Crippen molar-refractivity contribution in [2.45, 2.75) is 51.5 Å². The molecule has 0 aromatic carbocycles. The van der Waals surface area contributed by atoms with Crippen molar-refractivity contribution in [3.05, 3.63) is 0 Å². The summed E-state index contributed by atoms with van der Waals surface area (Å²) < 4.78 is 0. The van der Waals surface area contributed by atoms with Crippen molar-refractivity contribution in [3.8, 4) is 0 Å². The molecule has 0 bridgehead atoms. The molecule has 0 amide bonds. The smallest absolute Gasteiger partial charge is 0.0221 e. The van der Waals surface area contributed by atoms with Gasteiger partial charge in [-0.15, -0.1) is 0 Å². The molecule has 0 aromatic heterocycles. The van der Waals surface area contributed by atoms with E-state index in [-0.39, 0.29) is 0 Å². The monoisotopic (exact) mass is 179 g/mol. The van der Waals surface area contributed by atoms with Gasteiger partial charge >= 0.3 is 0 Å². The normalized spacial score (nSPS) is 52.8. The molecule has 2 saturated carbocycles. The molecule has 3 rings (SSSR count). The van der Waals surface area contributed by atoms with Crippen LogP contribution in [0.1, 0.15) is 45.4 Å². The van der Waals surface area contributed by atoms with E-state index < -0.39 is 0 Å². The summed E-state index contributed by atoms with van der Waals surface area (Å²) in [6, 6.07) is 0.941. The molecule has 3 fully saturated rings. The van der Waals surface area contributed by atoms with Crippen molar-refractivity contribution < 1.29 is 0 Å². The highest BCUT2D eigenvalue weighted by Gasteiger charge is 2.55. The fraction of sp³-hybridized carbons (Fsp3) is 1.00. The van der Waals surface area contributed by atoms with Crippen molar-refractivity contribution in [3.63, 3.8) is 0 Å². The Kier molecular flexibility index (Phi) is 1.74. The molecule has 1 spiro atoms. The molecule has 1 heteroatoms. The summed E-state index contributed by atoms with van der Waals surface area (Å²) in [6.45, 7) is 3.64. The summed E-state index contributed by atoms with van der Waals surface area (Å²) in [5.74, 6) is 2.18. The van der Waals surface area contributed by atoms with Crippen LogP contribution in [0, 0.1) is 17.3 Å². The van der Waals surface area contributed by atoms with Gasteiger partial charge in [0, 0.05) is 12.6 Å². The van der Waals surface area contributed by atoms with Crippen molar-refractivity contribution >= 4 is 0 Å². The molecular formula is C12H21N. The average Bonchev–Trinajstić information content (AvgIpc) is 2.73. The van der Waals surface area contributed by atoms with Crippen LogP contribution in [0.5, 0.6) is 0 Å². The molecular weight excluding hydrogens is 158 g/mol. The van der Waals surface area contributed by atoms with Crippen molar-refractivity contribution in [1.82, 2.24) is 5.32 Å². The van der Waals surface area contributed by atoms with E-state index in [1.165, 1.54) is 19.4 Å². The van der Waals surface area contributed by atoms with Crippen LogP contribution in [-0.4, -0.2) is 12.6 Å². The Morgan fingerprint density at radius 1 is 1.23 bits per heavy atom. The lowest BCUT2D eigenvalue weighted by molar-refractivity contribution is -0.0704. The second-order valence-electron chi connectivity index (χ2n) is 5.75. The van der Waals surface area contributed by atoms with Gasteiger partial charge in [0.05, 0.1) is 0 Å². The van der Waals surface area contributed by atoms with Crippen LogP contribution in [0.4, 0.5) is 0 Å². The number of rotatable bonds is 3. The van der Waals surface area contributed by atoms with Crippen LogP contribution in [-0.2, 0) is 0 Å². The molecule has 1 N–H and O–H groups in total. The summed E-state index contributed by atoms with van der Waals surface area (Å²) in [6.07, 6.45) is 9.16. The van der Waals surface area contributed by atoms with Gasteiger partial charge in [-0.3, -0.25) is 0 Å². The predicted molar refractivity (Wildman–Crippen MR) is 54.6 cm³/mol. The molecule has 1 atom stereocenters. The lowest BCUT2D eigenvalue weighted by atomic mass is 9.47. The van der Waals surface area contributed by atoms with Crippen LogP contribution < -0.4 is 5.32 Å². The molecule has 3 aliphatic rings. The van der Waals surface area contributed by atoms with Crippen molar-refractivity contribution in [2.24, 2.45) is 17.3 Å². The number of hydrogen-bond acceptors (Lipinski definition) is 1. The zero-order chi connectivity index (χ0) is 8.89. The molecule has 0 radical (unpaired) electrons. The van der Waals surface area contributed by atoms with E-state index in [4.69, 9.17) is 0 Å². The molecule has 1 saturated heterocycles. The molecule has 1 aliphatic heterocycles. The van der Waals surface area contributed by atoms with Gasteiger partial charge in [0.2, 0.25) is 0 Å². The van der Waals surface area contributed by atoms with E-state index in [0.717, 1.165) is 23.3 Å². The average molecular weight is 179 g/mol. The van der Waals surface area contributed by atoms with Crippen molar-refractivity contribution in [1.29, 1.82) is 0 Å². The third-order valence-electron chi connectivity index (χ3n) is 4.54. The van der Waals surface area contributed by atoms with Gasteiger partial charge in [-0.05, 0) is 42.9 Å². The maximum absolute atomic E-state index is 3.46. The number of nitrogens with one attached hydrogen (secondary N) is 1. The zero-order valence-electron chi connectivity index (χ0n) is 8.68. The van der Waals surface area contributed by atoms with Crippen LogP contribution in [0.25, 0.3) is 0 Å². The van der Waals surface area contributed by atoms with E-state index in [0.29, 0.717) is 0 Å². The fourth-order valence-corrected chi connectivity index (χ4v) is 3.85. The van der Waals surface area contributed by atoms with E-state index >= 15 is 0 Å². The molecule has 1 heterocycles. The van der Waals surface area contributed by atoms with Crippen molar-refractivity contribution in [2.75, 3.05) is 6.54 Å². The van der Waals surface area contributed by atoms with E-state index in [1.807, 2.05) is 0 Å². The minimum Gasteiger partial charge on any atom is -0.311 e. The number of hydrogen-bond donors (Lipinski definition) is 1. The maximum atomic E-state index is 3.46. The standard InChI is InChI=1S/C12H21N/c1-2-3-9-4-12(5-9)6-10(7-12)11-8-13-11/h9-11,13H,2-8H2,1H3/t9-,10-,11-,12?/m0/s1. The molecule has 0 unspecified atom stereocenters. The van der Waals surface area contributed by atoms with Crippen LogP contribution in [0.3, 0.4) is 0 Å². The molecule has 2 aliphatic carbocycles. The van der Waals surface area contributed by atoms with Crippen LogP contribution in [0.15, 0.2) is 0 Å². The van der Waals surface area contributed by atoms with Gasteiger partial charge in [0.15, 0.2) is 0 Å². The Morgan fingerprint density at radius 3 is 2.46 bits per heavy atom. The first-order chi connectivity index (χ1) is 6.31. The van der Waals surface area contributed by atoms with Gasteiger partial charge in [-0.25, -0.2) is 0 Å². The molecule has 0 aromatic rings. The lowest BCUT2D eigenvalue weighted by Gasteiger charge is -2.58. The van der Waals surface area contributed by atoms with Gasteiger partial charge < -0.3 is 5.32 Å². The molecule has 13 heavy (non-hydrogen) atoms. The fourth-order valence-electron chi connectivity index (χ4n) is 3.85. The SMILES string of the molecule is CCC[C@H]1CC2(C1)C[C@H]([C@@H]1CN1)C2. The first kappa shape index (κ1) is 8.28. The summed E-state index contributed by atoms with van der Waals surface area (Å²) >= 11 is 0. The highest BCUT2D eigenvalue weighted by Crippen LogP contribution is 2.63. The minimum absolute atomic E-state index is 0.870. The second-order valence-corrected chi connectivity index (χ2v) is 5.75. The quantitative estimate of drug-likeness (QED) is 0.661. The van der Waals surface area contributed by atoms with E-state index in [2.05, 4.69) is 12.2 Å². The highest BCUT2D eigenvalue weighted by atomic mass is 15.1. The Hall–Kier alpha value is -0.0400. The van der Waals surface area contributed by atoms with E-state index in [1.54, 1.807) is 25.7 Å². The Morgan fingerprint density at radius 2 is 1.92 bits per heavy atom. The van der Waals surface area contributed by atoms with Gasteiger partial charge in [0.25, 0.3) is 0 Å². The lowest BCUT2D eigenvalue weighted by Crippen LogP contribution is -2.49. The highest BCUT2D eigenvalue weighted by molar-refractivity contribution is 5.08. The van der Waals surface area contributed by atoms with Gasteiger partial charge in [-0.2, -0.15) is 0 Å². The van der Waals surface area contributed by atoms with Crippen LogP contribution in [0.2, 0.25) is 0 Å². The molecule has 74 valence electrons. The van der Waals surface area contributed by atoms with Gasteiger partial charge in [-0.1, -0.05) is 19.8 Å². The topological polar surface area (TPSA) is 21.9 Å². The third kappa shape index (κ3) is 1.32. The first-order valence-corrected chi connectivity index (χ1v) is 6.05. The summed E-state index contributed by atoms with van der Waals surface area (Å²) in [5, 5.41) is 3.46. The molecule has 1 nitrogen and oxygen atoms in total. The summed E-state index contributed by atoms with van der Waals surface area (Å²) in [5.41, 5.74) is 0.870. The Balaban J connectivity index is 1.44. The Bertz CT molecular complexity index is 193. The minimum atomic E-state index is 0.870. The Labute approximate surface area is 81.3 Å². The first-order valence-electron chi connectivity index (χ1n) is 6.05. The summed E-state index contributed by atoms with van der Waals surface area (Å²) in [4.78, 5) is 0. The predicted octanol–water partition coefficient (Wildman–Crippen LogP) is 2.56. The van der Waals surface area contributed by atoms with Crippen LogP contribution >= 0.6 is 0 Å². The zero-order valence-corrected chi connectivity index (χ0v) is 8.68.